The number of hydrogen-bond donors (Lipinski definition) is 0. The van der Waals surface area contributed by atoms with E-state index in [9.17, 15) is 10.1 Å². The minimum absolute atomic E-state index is 0.122. The van der Waals surface area contributed by atoms with E-state index in [0.29, 0.717) is 12.0 Å². The molecule has 0 aromatic heterocycles. The topological polar surface area (TPSA) is 44.1 Å². The van der Waals surface area contributed by atoms with E-state index in [0.717, 1.165) is 38.6 Å². The van der Waals surface area contributed by atoms with Gasteiger partial charge < -0.3 is 4.90 Å². The third kappa shape index (κ3) is 2.25. The number of hydrogen-bond acceptors (Lipinski definition) is 2. The first-order valence-electron chi connectivity index (χ1n) is 7.35. The van der Waals surface area contributed by atoms with Gasteiger partial charge in [0.15, 0.2) is 0 Å². The molecule has 0 radical (unpaired) electrons. The molecule has 2 fully saturated rings. The summed E-state index contributed by atoms with van der Waals surface area (Å²) in [7, 11) is 0. The highest BCUT2D eigenvalue weighted by atomic mass is 16.2. The molecule has 1 unspecified atom stereocenters. The van der Waals surface area contributed by atoms with E-state index in [1.54, 1.807) is 0 Å². The molecule has 0 N–H and O–H groups in total. The molecule has 3 heteroatoms. The Hall–Kier alpha value is -1.04. The predicted molar refractivity (Wildman–Crippen MR) is 70.7 cm³/mol. The van der Waals surface area contributed by atoms with Gasteiger partial charge >= 0.3 is 0 Å². The maximum atomic E-state index is 12.7. The molecule has 1 amide bonds. The maximum absolute atomic E-state index is 12.7. The molecule has 18 heavy (non-hydrogen) atoms. The first-order chi connectivity index (χ1) is 8.63. The van der Waals surface area contributed by atoms with Crippen LogP contribution in [0.25, 0.3) is 0 Å². The fourth-order valence-electron chi connectivity index (χ4n) is 3.59. The van der Waals surface area contributed by atoms with E-state index in [1.165, 1.54) is 12.8 Å². The van der Waals surface area contributed by atoms with Crippen LogP contribution in [-0.4, -0.2) is 23.4 Å². The number of amides is 1. The van der Waals surface area contributed by atoms with Crippen LogP contribution in [0.3, 0.4) is 0 Å². The maximum Gasteiger partial charge on any atom is 0.243 e. The Morgan fingerprint density at radius 3 is 2.67 bits per heavy atom. The number of nitriles is 1. The van der Waals surface area contributed by atoms with Gasteiger partial charge in [0.2, 0.25) is 5.91 Å². The lowest BCUT2D eigenvalue weighted by molar-refractivity contribution is -0.147. The van der Waals surface area contributed by atoms with Crippen molar-refractivity contribution in [1.29, 1.82) is 5.26 Å². The second-order valence-corrected chi connectivity index (χ2v) is 6.12. The van der Waals surface area contributed by atoms with E-state index < -0.39 is 5.41 Å². The lowest BCUT2D eigenvalue weighted by Gasteiger charge is -2.44. The summed E-state index contributed by atoms with van der Waals surface area (Å²) in [5.74, 6) is 0.650. The largest absolute Gasteiger partial charge is 0.338 e. The van der Waals surface area contributed by atoms with Gasteiger partial charge in [-0.3, -0.25) is 4.79 Å². The second-order valence-electron chi connectivity index (χ2n) is 6.12. The average molecular weight is 248 g/mol. The third-order valence-corrected chi connectivity index (χ3v) is 4.63. The summed E-state index contributed by atoms with van der Waals surface area (Å²) in [6.07, 6.45) is 7.18. The Morgan fingerprint density at radius 1 is 1.39 bits per heavy atom. The molecular weight excluding hydrogens is 224 g/mol. The molecule has 100 valence electrons. The Labute approximate surface area is 110 Å². The van der Waals surface area contributed by atoms with Gasteiger partial charge in [-0.15, -0.1) is 0 Å². The van der Waals surface area contributed by atoms with Gasteiger partial charge in [-0.05, 0) is 38.0 Å². The van der Waals surface area contributed by atoms with Crippen LogP contribution < -0.4 is 0 Å². The summed E-state index contributed by atoms with van der Waals surface area (Å²) in [6, 6.07) is 2.68. The second kappa shape index (κ2) is 5.30. The van der Waals surface area contributed by atoms with E-state index >= 15 is 0 Å². The Morgan fingerprint density at radius 2 is 2.11 bits per heavy atom. The molecule has 2 aliphatic rings. The van der Waals surface area contributed by atoms with Gasteiger partial charge in [0.05, 0.1) is 6.07 Å². The van der Waals surface area contributed by atoms with Crippen molar-refractivity contribution in [3.8, 4) is 6.07 Å². The number of likely N-dealkylation sites (tertiary alicyclic amines) is 1. The predicted octanol–water partition coefficient (Wildman–Crippen LogP) is 3.11. The van der Waals surface area contributed by atoms with Crippen LogP contribution >= 0.6 is 0 Å². The zero-order chi connectivity index (χ0) is 13.2. The summed E-state index contributed by atoms with van der Waals surface area (Å²) in [6.45, 7) is 5.14. The standard InChI is InChI=1S/C15H24N2O/c1-3-13-7-5-4-6-8-17(13)14(18)15(11-16)9-12(2)10-15/h12-13H,3-10H2,1-2H3. The van der Waals surface area contributed by atoms with Gasteiger partial charge in [-0.1, -0.05) is 26.7 Å². The minimum atomic E-state index is -0.683. The zero-order valence-electron chi connectivity index (χ0n) is 11.6. The van der Waals surface area contributed by atoms with Crippen LogP contribution in [0.2, 0.25) is 0 Å². The number of carbonyl (C=O) groups is 1. The van der Waals surface area contributed by atoms with Crippen molar-refractivity contribution in [2.75, 3.05) is 6.54 Å². The van der Waals surface area contributed by atoms with Gasteiger partial charge in [-0.2, -0.15) is 5.26 Å². The van der Waals surface area contributed by atoms with Crippen molar-refractivity contribution >= 4 is 5.91 Å². The van der Waals surface area contributed by atoms with E-state index in [-0.39, 0.29) is 5.91 Å². The lowest BCUT2D eigenvalue weighted by Crippen LogP contribution is -2.53. The van der Waals surface area contributed by atoms with Gasteiger partial charge in [0.1, 0.15) is 5.41 Å². The van der Waals surface area contributed by atoms with E-state index in [2.05, 4.69) is 19.9 Å². The molecule has 0 bridgehead atoms. The van der Waals surface area contributed by atoms with Crippen molar-refractivity contribution < 1.29 is 4.79 Å². The molecule has 1 heterocycles. The summed E-state index contributed by atoms with van der Waals surface area (Å²) in [5, 5.41) is 9.39. The van der Waals surface area contributed by atoms with Crippen LogP contribution in [0.5, 0.6) is 0 Å². The van der Waals surface area contributed by atoms with Crippen molar-refractivity contribution in [1.82, 2.24) is 4.90 Å². The molecule has 0 spiro atoms. The number of nitrogens with zero attached hydrogens (tertiary/aromatic N) is 2. The van der Waals surface area contributed by atoms with Gasteiger partial charge in [0.25, 0.3) is 0 Å². The highest BCUT2D eigenvalue weighted by Crippen LogP contribution is 2.47. The summed E-state index contributed by atoms with van der Waals surface area (Å²) >= 11 is 0. The van der Waals surface area contributed by atoms with Crippen molar-refractivity contribution in [3.05, 3.63) is 0 Å². The monoisotopic (exact) mass is 248 g/mol. The van der Waals surface area contributed by atoms with E-state index in [4.69, 9.17) is 0 Å². The molecule has 3 nitrogen and oxygen atoms in total. The van der Waals surface area contributed by atoms with Crippen molar-refractivity contribution in [2.45, 2.75) is 64.8 Å². The van der Waals surface area contributed by atoms with Gasteiger partial charge in [0, 0.05) is 12.6 Å². The summed E-state index contributed by atoms with van der Waals surface area (Å²) in [4.78, 5) is 14.7. The molecule has 1 aliphatic heterocycles. The molecular formula is C15H24N2O. The smallest absolute Gasteiger partial charge is 0.243 e. The molecule has 0 aromatic rings. The molecule has 1 atom stereocenters. The summed E-state index contributed by atoms with van der Waals surface area (Å²) in [5.41, 5.74) is -0.683. The number of rotatable bonds is 2. The summed E-state index contributed by atoms with van der Waals surface area (Å²) < 4.78 is 0. The van der Waals surface area contributed by atoms with Crippen LogP contribution in [-0.2, 0) is 4.79 Å². The highest BCUT2D eigenvalue weighted by Gasteiger charge is 2.51. The third-order valence-electron chi connectivity index (χ3n) is 4.63. The lowest BCUT2D eigenvalue weighted by atomic mass is 9.62. The van der Waals surface area contributed by atoms with Crippen LogP contribution in [0.4, 0.5) is 0 Å². The Kier molecular flexibility index (Phi) is 3.94. The molecule has 1 saturated heterocycles. The normalized spacial score (nSPS) is 36.4. The van der Waals surface area contributed by atoms with Crippen molar-refractivity contribution in [2.24, 2.45) is 11.3 Å². The molecule has 0 aromatic carbocycles. The quantitative estimate of drug-likeness (QED) is 0.753. The first-order valence-corrected chi connectivity index (χ1v) is 7.35. The van der Waals surface area contributed by atoms with Crippen LogP contribution in [0, 0.1) is 22.7 Å². The van der Waals surface area contributed by atoms with Crippen LogP contribution in [0.1, 0.15) is 58.8 Å². The fraction of sp³-hybridized carbons (Fsp3) is 0.867. The molecule has 1 saturated carbocycles. The van der Waals surface area contributed by atoms with E-state index in [1.807, 2.05) is 4.90 Å². The van der Waals surface area contributed by atoms with Crippen LogP contribution in [0.15, 0.2) is 0 Å². The minimum Gasteiger partial charge on any atom is -0.338 e. The van der Waals surface area contributed by atoms with Gasteiger partial charge in [-0.25, -0.2) is 0 Å². The first kappa shape index (κ1) is 13.4. The SMILES string of the molecule is CCC1CCCCCN1C(=O)C1(C#N)CC(C)C1. The highest BCUT2D eigenvalue weighted by molar-refractivity contribution is 5.87. The fourth-order valence-corrected chi connectivity index (χ4v) is 3.59. The number of carbonyl (C=O) groups excluding carboxylic acids is 1. The average Bonchev–Trinajstić information content (AvgIpc) is 2.58. The molecule has 2 rings (SSSR count). The zero-order valence-corrected chi connectivity index (χ0v) is 11.6. The Balaban J connectivity index is 2.13. The Bertz CT molecular complexity index is 352. The van der Waals surface area contributed by atoms with Crippen molar-refractivity contribution in [3.63, 3.8) is 0 Å². The molecule has 1 aliphatic carbocycles.